The van der Waals surface area contributed by atoms with Gasteiger partial charge in [0.2, 0.25) is 0 Å². The fraction of sp³-hybridized carbons (Fsp3) is 1.00. The molecular formula is C3H8N2O. The average molecular weight is 88.1 g/mol. The highest BCUT2D eigenvalue weighted by atomic mass is 16.3. The zero-order valence-electron chi connectivity index (χ0n) is 3.89. The summed E-state index contributed by atoms with van der Waals surface area (Å²) < 4.78 is 0. The summed E-state index contributed by atoms with van der Waals surface area (Å²) in [5.41, 5.74) is 5.06. The molecule has 0 aromatic heterocycles. The number of rotatable bonds is 1. The zero-order chi connectivity index (χ0) is 5.21. The third kappa shape index (κ3) is 3.56. The first kappa shape index (κ1) is 5.56. The molecule has 0 unspecified atom stereocenters. The van der Waals surface area contributed by atoms with Crippen LogP contribution in [-0.2, 0) is 0 Å². The first-order valence-electron chi connectivity index (χ1n) is 1.67. The minimum Gasteiger partial charge on any atom is -0.368 e. The Labute approximate surface area is 36.5 Å². The fourth-order valence-corrected chi connectivity index (χ4v) is 0. The van der Waals surface area contributed by atoms with Crippen molar-refractivity contribution in [3.8, 4) is 0 Å². The molecule has 6 heavy (non-hydrogen) atoms. The smallest absolute Gasteiger partial charge is 0.170 e. The van der Waals surface area contributed by atoms with Gasteiger partial charge in [-0.3, -0.25) is 0 Å². The topological polar surface area (TPSA) is 56.4 Å². The van der Waals surface area contributed by atoms with Gasteiger partial charge in [0.05, 0.1) is 0 Å². The summed E-state index contributed by atoms with van der Waals surface area (Å²) in [6, 6.07) is 0. The van der Waals surface area contributed by atoms with E-state index in [4.69, 9.17) is 10.6 Å². The Bertz CT molecular complexity index is 54.3. The lowest BCUT2D eigenvalue weighted by atomic mass is 10.3. The van der Waals surface area contributed by atoms with Crippen LogP contribution in [0.5, 0.6) is 0 Å². The predicted octanol–water partition coefficient (Wildman–Crippen LogP) is 0.746. The van der Waals surface area contributed by atoms with Gasteiger partial charge in [0.25, 0.3) is 0 Å². The Kier molecular flexibility index (Phi) is 1.24. The van der Waals surface area contributed by atoms with Crippen molar-refractivity contribution in [1.29, 1.82) is 5.53 Å². The lowest BCUT2D eigenvalue weighted by Gasteiger charge is -2.04. The van der Waals surface area contributed by atoms with Crippen LogP contribution in [-0.4, -0.2) is 10.8 Å². The molecule has 0 heterocycles. The van der Waals surface area contributed by atoms with Gasteiger partial charge in [-0.2, -0.15) is 5.11 Å². The molecule has 0 saturated heterocycles. The van der Waals surface area contributed by atoms with E-state index in [1.54, 1.807) is 0 Å². The molecule has 0 rings (SSSR count). The van der Waals surface area contributed by atoms with Crippen molar-refractivity contribution < 1.29 is 5.11 Å². The van der Waals surface area contributed by atoms with Crippen LogP contribution < -0.4 is 0 Å². The Morgan fingerprint density at radius 1 is 1.67 bits per heavy atom. The van der Waals surface area contributed by atoms with Gasteiger partial charge in [0, 0.05) is 0 Å². The zero-order valence-corrected chi connectivity index (χ0v) is 3.89. The van der Waals surface area contributed by atoms with Gasteiger partial charge < -0.3 is 5.11 Å². The third-order valence-electron chi connectivity index (χ3n) is 0.274. The van der Waals surface area contributed by atoms with Crippen molar-refractivity contribution in [2.24, 2.45) is 5.11 Å². The molecule has 0 spiro atoms. The maximum Gasteiger partial charge on any atom is 0.170 e. The monoisotopic (exact) mass is 88.1 g/mol. The van der Waals surface area contributed by atoms with Crippen LogP contribution in [0.15, 0.2) is 5.11 Å². The second-order valence-electron chi connectivity index (χ2n) is 1.61. The van der Waals surface area contributed by atoms with E-state index in [0.29, 0.717) is 0 Å². The van der Waals surface area contributed by atoms with Gasteiger partial charge in [-0.15, -0.1) is 0 Å². The van der Waals surface area contributed by atoms with Crippen molar-refractivity contribution >= 4 is 0 Å². The highest BCUT2D eigenvalue weighted by Gasteiger charge is 2.05. The summed E-state index contributed by atoms with van der Waals surface area (Å²) in [4.78, 5) is 0. The van der Waals surface area contributed by atoms with Crippen LogP contribution in [0.2, 0.25) is 0 Å². The molecule has 3 nitrogen and oxygen atoms in total. The first-order valence-corrected chi connectivity index (χ1v) is 1.67. The molecule has 3 heteroatoms. The van der Waals surface area contributed by atoms with Crippen molar-refractivity contribution in [3.63, 3.8) is 0 Å². The van der Waals surface area contributed by atoms with Crippen LogP contribution in [0, 0.1) is 5.53 Å². The Balaban J connectivity index is 3.45. The normalized spacial score (nSPS) is 11.2. The van der Waals surface area contributed by atoms with Gasteiger partial charge in [0.1, 0.15) is 0 Å². The van der Waals surface area contributed by atoms with E-state index < -0.39 is 5.72 Å². The van der Waals surface area contributed by atoms with Crippen LogP contribution in [0.1, 0.15) is 13.8 Å². The maximum atomic E-state index is 8.47. The van der Waals surface area contributed by atoms with Crippen LogP contribution >= 0.6 is 0 Å². The summed E-state index contributed by atoms with van der Waals surface area (Å²) in [5, 5.41) is 11.3. The molecule has 0 amide bonds. The van der Waals surface area contributed by atoms with Gasteiger partial charge in [-0.05, 0) is 13.8 Å². The standard InChI is InChI=1S/C3H8N2O/c1-3(2,6)5-4/h4,6H,1-2H3. The molecule has 0 bridgehead atoms. The largest absolute Gasteiger partial charge is 0.368 e. The molecule has 0 atom stereocenters. The van der Waals surface area contributed by atoms with Crippen molar-refractivity contribution in [3.05, 3.63) is 0 Å². The van der Waals surface area contributed by atoms with Crippen molar-refractivity contribution in [2.45, 2.75) is 19.6 Å². The van der Waals surface area contributed by atoms with Crippen molar-refractivity contribution in [2.75, 3.05) is 0 Å². The highest BCUT2D eigenvalue weighted by molar-refractivity contribution is 4.52. The molecule has 2 N–H and O–H groups in total. The van der Waals surface area contributed by atoms with Gasteiger partial charge in [-0.25, -0.2) is 5.53 Å². The quantitative estimate of drug-likeness (QED) is 0.456. The number of hydrogen-bond donors (Lipinski definition) is 2. The summed E-state index contributed by atoms with van der Waals surface area (Å²) >= 11 is 0. The van der Waals surface area contributed by atoms with Gasteiger partial charge in [0.15, 0.2) is 5.72 Å². The van der Waals surface area contributed by atoms with Crippen LogP contribution in [0.25, 0.3) is 0 Å². The molecule has 0 saturated carbocycles. The maximum absolute atomic E-state index is 8.47. The molecule has 0 aromatic rings. The molecule has 36 valence electrons. The fourth-order valence-electron chi connectivity index (χ4n) is 0. The predicted molar refractivity (Wildman–Crippen MR) is 21.4 cm³/mol. The van der Waals surface area contributed by atoms with Crippen molar-refractivity contribution in [1.82, 2.24) is 0 Å². The minimum atomic E-state index is -1.17. The van der Waals surface area contributed by atoms with Crippen LogP contribution in [0.3, 0.4) is 0 Å². The Morgan fingerprint density at radius 2 is 1.83 bits per heavy atom. The summed E-state index contributed by atoms with van der Waals surface area (Å²) in [7, 11) is 0. The molecule has 0 radical (unpaired) electrons. The Hall–Kier alpha value is -0.440. The summed E-state index contributed by atoms with van der Waals surface area (Å²) in [6.07, 6.45) is 0. The second kappa shape index (κ2) is 1.34. The van der Waals surface area contributed by atoms with Gasteiger partial charge >= 0.3 is 0 Å². The van der Waals surface area contributed by atoms with E-state index in [9.17, 15) is 0 Å². The second-order valence-corrected chi connectivity index (χ2v) is 1.61. The highest BCUT2D eigenvalue weighted by Crippen LogP contribution is 1.98. The third-order valence-corrected chi connectivity index (χ3v) is 0.274. The lowest BCUT2D eigenvalue weighted by Crippen LogP contribution is -2.12. The summed E-state index contributed by atoms with van der Waals surface area (Å²) in [5.74, 6) is 0. The number of nitrogens with one attached hydrogen (secondary N) is 1. The Morgan fingerprint density at radius 3 is 1.83 bits per heavy atom. The molecule has 0 aromatic carbocycles. The average Bonchev–Trinajstić information content (AvgIpc) is 1.35. The van der Waals surface area contributed by atoms with E-state index in [-0.39, 0.29) is 0 Å². The van der Waals surface area contributed by atoms with E-state index in [2.05, 4.69) is 5.11 Å². The first-order chi connectivity index (χ1) is 2.56. The van der Waals surface area contributed by atoms with E-state index in [1.807, 2.05) is 0 Å². The van der Waals surface area contributed by atoms with E-state index in [1.165, 1.54) is 13.8 Å². The van der Waals surface area contributed by atoms with E-state index in [0.717, 1.165) is 0 Å². The lowest BCUT2D eigenvalue weighted by molar-refractivity contribution is 0.0793. The molecule has 0 aliphatic heterocycles. The van der Waals surface area contributed by atoms with Crippen LogP contribution in [0.4, 0.5) is 0 Å². The molecule has 0 fully saturated rings. The minimum absolute atomic E-state index is 1.17. The number of aliphatic hydroxyl groups is 1. The van der Waals surface area contributed by atoms with Gasteiger partial charge in [-0.1, -0.05) is 0 Å². The van der Waals surface area contributed by atoms with E-state index >= 15 is 0 Å². The number of hydrogen-bond acceptors (Lipinski definition) is 3. The molecule has 0 aliphatic rings. The number of nitrogens with zero attached hydrogens (tertiary/aromatic N) is 1. The summed E-state index contributed by atoms with van der Waals surface area (Å²) in [6.45, 7) is 2.89. The molecular weight excluding hydrogens is 80.0 g/mol. The molecule has 0 aliphatic carbocycles. The SMILES string of the molecule is CC(C)(O)N=N.